The van der Waals surface area contributed by atoms with Crippen LogP contribution in [0, 0.1) is 6.92 Å². The number of carbonyl (C=O) groups excluding carboxylic acids is 1. The van der Waals surface area contributed by atoms with E-state index in [1.807, 2.05) is 31.2 Å². The molecule has 0 unspecified atom stereocenters. The first-order valence-electron chi connectivity index (χ1n) is 10.1. The Labute approximate surface area is 204 Å². The number of benzene rings is 3. The fraction of sp³-hybridized carbons (Fsp3) is 0.208. The molecule has 3 aromatic rings. The molecular weight excluding hydrogens is 483 g/mol. The highest BCUT2D eigenvalue weighted by Crippen LogP contribution is 2.35. The first kappa shape index (κ1) is 24.9. The smallest absolute Gasteiger partial charge is 0.251 e. The molecule has 0 heterocycles. The predicted molar refractivity (Wildman–Crippen MR) is 133 cm³/mol. The number of para-hydroxylation sites is 1. The Balaban J connectivity index is 1.62. The quantitative estimate of drug-likeness (QED) is 0.410. The number of anilines is 1. The molecule has 0 radical (unpaired) electrons. The molecule has 0 aliphatic carbocycles. The van der Waals surface area contributed by atoms with Gasteiger partial charge in [-0.25, -0.2) is 8.42 Å². The number of amides is 1. The summed E-state index contributed by atoms with van der Waals surface area (Å²) in [5.41, 5.74) is 2.45. The third-order valence-electron chi connectivity index (χ3n) is 4.78. The molecular formula is C24H24Cl2N2O4S. The lowest BCUT2D eigenvalue weighted by Crippen LogP contribution is -2.30. The number of nitrogens with one attached hydrogen (secondary N) is 1. The summed E-state index contributed by atoms with van der Waals surface area (Å²) in [4.78, 5) is 12.4. The second-order valence-electron chi connectivity index (χ2n) is 7.46. The summed E-state index contributed by atoms with van der Waals surface area (Å²) in [5, 5.41) is 3.27. The van der Waals surface area contributed by atoms with Crippen molar-refractivity contribution < 1.29 is 17.9 Å². The van der Waals surface area contributed by atoms with Crippen LogP contribution in [0.3, 0.4) is 0 Å². The Kier molecular flexibility index (Phi) is 8.24. The highest BCUT2D eigenvalue weighted by molar-refractivity contribution is 7.92. The summed E-state index contributed by atoms with van der Waals surface area (Å²) in [5.74, 6) is 0.506. The Bertz CT molecular complexity index is 1210. The van der Waals surface area contributed by atoms with Crippen molar-refractivity contribution in [2.45, 2.75) is 13.5 Å². The van der Waals surface area contributed by atoms with Crippen molar-refractivity contribution in [3.05, 3.63) is 93.5 Å². The minimum atomic E-state index is -3.66. The number of carbonyl (C=O) groups is 1. The van der Waals surface area contributed by atoms with Crippen LogP contribution in [0.4, 0.5) is 5.69 Å². The maximum Gasteiger partial charge on any atom is 0.251 e. The molecule has 6 nitrogen and oxygen atoms in total. The molecule has 3 aromatic carbocycles. The molecule has 0 aliphatic rings. The van der Waals surface area contributed by atoms with Gasteiger partial charge in [0.1, 0.15) is 12.4 Å². The van der Waals surface area contributed by atoms with Gasteiger partial charge >= 0.3 is 0 Å². The van der Waals surface area contributed by atoms with E-state index in [1.54, 1.807) is 42.5 Å². The molecule has 0 bridgehead atoms. The van der Waals surface area contributed by atoms with Crippen LogP contribution in [0.25, 0.3) is 0 Å². The molecule has 0 fully saturated rings. The second-order valence-corrected chi connectivity index (χ2v) is 10.2. The average Bonchev–Trinajstić information content (AvgIpc) is 2.75. The summed E-state index contributed by atoms with van der Waals surface area (Å²) < 4.78 is 31.6. The Morgan fingerprint density at radius 3 is 2.24 bits per heavy atom. The van der Waals surface area contributed by atoms with E-state index in [2.05, 4.69) is 5.32 Å². The lowest BCUT2D eigenvalue weighted by Gasteiger charge is -2.24. The van der Waals surface area contributed by atoms with Crippen LogP contribution < -0.4 is 14.4 Å². The summed E-state index contributed by atoms with van der Waals surface area (Å²) in [6, 6.07) is 19.2. The molecule has 0 saturated carbocycles. The number of rotatable bonds is 9. The van der Waals surface area contributed by atoms with Gasteiger partial charge in [0.05, 0.1) is 35.1 Å². The first-order valence-corrected chi connectivity index (χ1v) is 12.7. The van der Waals surface area contributed by atoms with Gasteiger partial charge in [-0.3, -0.25) is 9.10 Å². The van der Waals surface area contributed by atoms with Crippen molar-refractivity contribution in [3.63, 3.8) is 0 Å². The number of nitrogens with zero attached hydrogens (tertiary/aromatic N) is 1. The Hall–Kier alpha value is -2.74. The van der Waals surface area contributed by atoms with Crippen molar-refractivity contribution >= 4 is 44.8 Å². The van der Waals surface area contributed by atoms with Gasteiger partial charge in [0.15, 0.2) is 0 Å². The van der Waals surface area contributed by atoms with Gasteiger partial charge in [-0.1, -0.05) is 53.5 Å². The van der Waals surface area contributed by atoms with Crippen LogP contribution in [-0.2, 0) is 16.6 Å². The number of hydrogen-bond donors (Lipinski definition) is 1. The van der Waals surface area contributed by atoms with E-state index in [0.717, 1.165) is 21.9 Å². The topological polar surface area (TPSA) is 75.7 Å². The number of hydrogen-bond acceptors (Lipinski definition) is 4. The molecule has 33 heavy (non-hydrogen) atoms. The second kappa shape index (κ2) is 10.9. The van der Waals surface area contributed by atoms with Crippen LogP contribution in [0.1, 0.15) is 21.5 Å². The van der Waals surface area contributed by atoms with Gasteiger partial charge in [0.25, 0.3) is 5.91 Å². The van der Waals surface area contributed by atoms with E-state index >= 15 is 0 Å². The zero-order chi connectivity index (χ0) is 24.0. The fourth-order valence-electron chi connectivity index (χ4n) is 3.16. The summed E-state index contributed by atoms with van der Waals surface area (Å²) >= 11 is 12.4. The monoisotopic (exact) mass is 506 g/mol. The Morgan fingerprint density at radius 1 is 1.00 bits per heavy atom. The number of aryl methyl sites for hydroxylation is 1. The summed E-state index contributed by atoms with van der Waals surface area (Å²) in [7, 11) is -3.66. The maximum atomic E-state index is 12.4. The van der Waals surface area contributed by atoms with Crippen molar-refractivity contribution in [2.24, 2.45) is 0 Å². The number of sulfonamides is 1. The fourth-order valence-corrected chi connectivity index (χ4v) is 4.77. The molecule has 1 N–H and O–H groups in total. The minimum absolute atomic E-state index is 0.0223. The first-order chi connectivity index (χ1) is 15.6. The van der Waals surface area contributed by atoms with Crippen molar-refractivity contribution in [2.75, 3.05) is 23.7 Å². The molecule has 3 rings (SSSR count). The highest BCUT2D eigenvalue weighted by atomic mass is 35.5. The minimum Gasteiger partial charge on any atom is -0.492 e. The van der Waals surface area contributed by atoms with Crippen LogP contribution in [0.15, 0.2) is 66.7 Å². The number of ether oxygens (including phenoxy) is 1. The maximum absolute atomic E-state index is 12.4. The largest absolute Gasteiger partial charge is 0.492 e. The van der Waals surface area contributed by atoms with Gasteiger partial charge in [-0.15, -0.1) is 0 Å². The van der Waals surface area contributed by atoms with E-state index in [9.17, 15) is 13.2 Å². The van der Waals surface area contributed by atoms with Crippen molar-refractivity contribution in [3.8, 4) is 5.75 Å². The van der Waals surface area contributed by atoms with Gasteiger partial charge in [0.2, 0.25) is 10.0 Å². The normalized spacial score (nSPS) is 11.2. The SMILES string of the molecule is Cc1cccc(OCCNC(=O)c2ccc(CN(c3c(Cl)cccc3Cl)S(C)(=O)=O)cc2)c1. The zero-order valence-corrected chi connectivity index (χ0v) is 20.5. The number of halogens is 2. The molecule has 0 atom stereocenters. The molecule has 0 aliphatic heterocycles. The molecule has 0 spiro atoms. The predicted octanol–water partition coefficient (Wildman–Crippen LogP) is 5.08. The average molecular weight is 507 g/mol. The zero-order valence-electron chi connectivity index (χ0n) is 18.2. The third-order valence-corrected chi connectivity index (χ3v) is 6.50. The van der Waals surface area contributed by atoms with Crippen molar-refractivity contribution in [1.82, 2.24) is 5.32 Å². The molecule has 9 heteroatoms. The summed E-state index contributed by atoms with van der Waals surface area (Å²) in [6.07, 6.45) is 1.09. The van der Waals surface area contributed by atoms with E-state index < -0.39 is 10.0 Å². The Morgan fingerprint density at radius 2 is 1.64 bits per heavy atom. The summed E-state index contributed by atoms with van der Waals surface area (Å²) in [6.45, 7) is 2.70. The molecule has 174 valence electrons. The van der Waals surface area contributed by atoms with E-state index in [1.165, 1.54) is 0 Å². The van der Waals surface area contributed by atoms with Crippen LogP contribution >= 0.6 is 23.2 Å². The molecule has 0 aromatic heterocycles. The van der Waals surface area contributed by atoms with Crippen molar-refractivity contribution in [1.29, 1.82) is 0 Å². The highest BCUT2D eigenvalue weighted by Gasteiger charge is 2.23. The van der Waals surface area contributed by atoms with Crippen LogP contribution in [0.5, 0.6) is 5.75 Å². The molecule has 0 saturated heterocycles. The van der Waals surface area contributed by atoms with Gasteiger partial charge < -0.3 is 10.1 Å². The third kappa shape index (κ3) is 6.87. The van der Waals surface area contributed by atoms with E-state index in [-0.39, 0.29) is 28.2 Å². The van der Waals surface area contributed by atoms with Crippen LogP contribution in [-0.4, -0.2) is 33.7 Å². The van der Waals surface area contributed by atoms with E-state index in [0.29, 0.717) is 24.3 Å². The van der Waals surface area contributed by atoms with E-state index in [4.69, 9.17) is 27.9 Å². The van der Waals surface area contributed by atoms with Gasteiger partial charge in [-0.2, -0.15) is 0 Å². The van der Waals surface area contributed by atoms with Gasteiger partial charge in [0, 0.05) is 5.56 Å². The van der Waals surface area contributed by atoms with Crippen LogP contribution in [0.2, 0.25) is 10.0 Å². The molecule has 1 amide bonds. The van der Waals surface area contributed by atoms with Gasteiger partial charge in [-0.05, 0) is 54.4 Å². The lowest BCUT2D eigenvalue weighted by atomic mass is 10.1. The standard InChI is InChI=1S/C24H24Cl2N2O4S/c1-17-5-3-6-20(15-17)32-14-13-27-24(29)19-11-9-18(10-12-19)16-28(33(2,30)31)23-21(25)7-4-8-22(23)26/h3-12,15H,13-14,16H2,1-2H3,(H,27,29). The lowest BCUT2D eigenvalue weighted by molar-refractivity contribution is 0.0947.